The first kappa shape index (κ1) is 22.1. The smallest absolute Gasteiger partial charge is 0.246 e. The van der Waals surface area contributed by atoms with Crippen LogP contribution in [0.15, 0.2) is 53.6 Å². The number of methoxy groups -OCH3 is 3. The number of rotatable bonds is 6. The fourth-order valence-corrected chi connectivity index (χ4v) is 5.66. The molecule has 1 aliphatic rings. The van der Waals surface area contributed by atoms with Crippen molar-refractivity contribution < 1.29 is 31.4 Å². The Morgan fingerprint density at radius 3 is 2.22 bits per heavy atom. The lowest BCUT2D eigenvalue weighted by Gasteiger charge is -2.36. The van der Waals surface area contributed by atoms with E-state index in [9.17, 15) is 17.2 Å². The van der Waals surface area contributed by atoms with Crippen molar-refractivity contribution in [2.45, 2.75) is 17.5 Å². The molecule has 32 heavy (non-hydrogen) atoms. The average molecular weight is 464 g/mol. The molecule has 0 saturated heterocycles. The first-order chi connectivity index (χ1) is 15.3. The summed E-state index contributed by atoms with van der Waals surface area (Å²) < 4.78 is 74.4. The van der Waals surface area contributed by atoms with Crippen molar-refractivity contribution in [3.8, 4) is 17.2 Å². The van der Waals surface area contributed by atoms with Gasteiger partial charge in [0.25, 0.3) is 0 Å². The molecule has 0 radical (unpaired) electrons. The number of nitrogens with zero attached hydrogens (tertiary/aromatic N) is 2. The minimum Gasteiger partial charge on any atom is -0.493 e. The van der Waals surface area contributed by atoms with Gasteiger partial charge in [-0.05, 0) is 42.0 Å². The lowest BCUT2D eigenvalue weighted by atomic mass is 10.0. The fraction of sp³-hybridized carbons (Fsp3) is 0.273. The molecule has 0 bridgehead atoms. The maximum absolute atomic E-state index is 14.5. The van der Waals surface area contributed by atoms with Crippen LogP contribution in [0.25, 0.3) is 0 Å². The third kappa shape index (κ3) is 3.59. The van der Waals surface area contributed by atoms with Crippen molar-refractivity contribution in [2.24, 2.45) is 0 Å². The Balaban J connectivity index is 1.92. The molecule has 0 N–H and O–H groups in total. The fourth-order valence-electron chi connectivity index (χ4n) is 4.03. The molecule has 170 valence electrons. The Hall–Kier alpha value is -3.11. The van der Waals surface area contributed by atoms with Gasteiger partial charge in [0.1, 0.15) is 16.5 Å². The van der Waals surface area contributed by atoms with Gasteiger partial charge in [-0.15, -0.1) is 0 Å². The topological polar surface area (TPSA) is 70.0 Å². The number of fused-ring (bicyclic) bond motifs is 1. The second-order valence-corrected chi connectivity index (χ2v) is 9.04. The first-order valence-corrected chi connectivity index (χ1v) is 11.2. The van der Waals surface area contributed by atoms with Crippen molar-refractivity contribution in [2.75, 3.05) is 27.9 Å². The van der Waals surface area contributed by atoms with E-state index in [1.54, 1.807) is 18.2 Å². The highest BCUT2D eigenvalue weighted by atomic mass is 32.2. The van der Waals surface area contributed by atoms with Gasteiger partial charge in [0.05, 0.1) is 27.4 Å². The number of halogens is 2. The van der Waals surface area contributed by atoms with Crippen molar-refractivity contribution in [1.29, 1.82) is 0 Å². The molecule has 1 aromatic heterocycles. The summed E-state index contributed by atoms with van der Waals surface area (Å²) in [5.74, 6) is -0.916. The Morgan fingerprint density at radius 2 is 1.62 bits per heavy atom. The molecule has 1 unspecified atom stereocenters. The highest BCUT2D eigenvalue weighted by molar-refractivity contribution is 7.89. The Morgan fingerprint density at radius 1 is 0.938 bits per heavy atom. The largest absolute Gasteiger partial charge is 0.493 e. The Bertz CT molecular complexity index is 1230. The molecule has 1 atom stereocenters. The van der Waals surface area contributed by atoms with Gasteiger partial charge in [0.15, 0.2) is 11.5 Å². The van der Waals surface area contributed by atoms with Crippen molar-refractivity contribution in [3.63, 3.8) is 0 Å². The standard InChI is InChI=1S/C22H22F2N2O5S/c1-29-18-11-14(12-19(30-2)22(18)31-3)21-17-5-4-8-25(17)9-10-26(21)32(27,28)20-7-6-15(23)13-16(20)24/h4-8,11-13,21H,9-10H2,1-3H3. The van der Waals surface area contributed by atoms with E-state index in [1.165, 1.54) is 25.6 Å². The van der Waals surface area contributed by atoms with Crippen LogP contribution in [0.1, 0.15) is 17.3 Å². The minimum atomic E-state index is -4.32. The monoisotopic (exact) mass is 464 g/mol. The lowest BCUT2D eigenvalue weighted by Crippen LogP contribution is -2.42. The van der Waals surface area contributed by atoms with Crippen molar-refractivity contribution >= 4 is 10.0 Å². The maximum Gasteiger partial charge on any atom is 0.246 e. The summed E-state index contributed by atoms with van der Waals surface area (Å²) in [4.78, 5) is -0.587. The molecule has 0 fully saturated rings. The van der Waals surface area contributed by atoms with E-state index in [2.05, 4.69) is 0 Å². The van der Waals surface area contributed by atoms with Crippen LogP contribution in [0.4, 0.5) is 8.78 Å². The summed E-state index contributed by atoms with van der Waals surface area (Å²) in [7, 11) is 0.0860. The van der Waals surface area contributed by atoms with E-state index in [4.69, 9.17) is 14.2 Å². The van der Waals surface area contributed by atoms with Crippen LogP contribution >= 0.6 is 0 Å². The van der Waals surface area contributed by atoms with E-state index in [-0.39, 0.29) is 6.54 Å². The second kappa shape index (κ2) is 8.44. The second-order valence-electron chi connectivity index (χ2n) is 7.18. The zero-order valence-electron chi connectivity index (χ0n) is 17.7. The van der Waals surface area contributed by atoms with Crippen LogP contribution in [-0.4, -0.2) is 45.2 Å². The van der Waals surface area contributed by atoms with Crippen LogP contribution in [0.2, 0.25) is 0 Å². The lowest BCUT2D eigenvalue weighted by molar-refractivity contribution is 0.292. The number of sulfonamides is 1. The van der Waals surface area contributed by atoms with Gasteiger partial charge in [-0.1, -0.05) is 0 Å². The SMILES string of the molecule is COc1cc(C2c3cccn3CCN2S(=O)(=O)c2ccc(F)cc2F)cc(OC)c1OC. The van der Waals surface area contributed by atoms with Crippen LogP contribution in [0, 0.1) is 11.6 Å². The zero-order chi connectivity index (χ0) is 23.0. The van der Waals surface area contributed by atoms with Gasteiger partial charge in [-0.2, -0.15) is 4.31 Å². The van der Waals surface area contributed by atoms with Gasteiger partial charge in [-0.3, -0.25) is 0 Å². The Labute approximate surface area is 184 Å². The molecule has 1 aliphatic heterocycles. The number of ether oxygens (including phenoxy) is 3. The summed E-state index contributed by atoms with van der Waals surface area (Å²) in [5.41, 5.74) is 1.24. The molecule has 2 heterocycles. The molecule has 4 rings (SSSR count). The predicted molar refractivity (Wildman–Crippen MR) is 113 cm³/mol. The van der Waals surface area contributed by atoms with Crippen LogP contribution in [0.3, 0.4) is 0 Å². The predicted octanol–water partition coefficient (Wildman–Crippen LogP) is 3.59. The summed E-state index contributed by atoms with van der Waals surface area (Å²) >= 11 is 0. The highest BCUT2D eigenvalue weighted by Crippen LogP contribution is 2.44. The minimum absolute atomic E-state index is 0.0855. The van der Waals surface area contributed by atoms with E-state index < -0.39 is 32.6 Å². The third-order valence-electron chi connectivity index (χ3n) is 5.48. The maximum atomic E-state index is 14.5. The summed E-state index contributed by atoms with van der Waals surface area (Å²) in [6, 6.07) is 8.58. The normalized spacial score (nSPS) is 16.5. The zero-order valence-corrected chi connectivity index (χ0v) is 18.5. The van der Waals surface area contributed by atoms with Crippen molar-refractivity contribution in [3.05, 3.63) is 71.6 Å². The van der Waals surface area contributed by atoms with Gasteiger partial charge in [0, 0.05) is 31.0 Å². The van der Waals surface area contributed by atoms with E-state index in [0.717, 1.165) is 12.1 Å². The highest BCUT2D eigenvalue weighted by Gasteiger charge is 2.39. The van der Waals surface area contributed by atoms with E-state index in [1.807, 2.05) is 16.8 Å². The molecule has 2 aromatic carbocycles. The van der Waals surface area contributed by atoms with E-state index >= 15 is 0 Å². The Kier molecular flexibility index (Phi) is 5.83. The third-order valence-corrected chi connectivity index (χ3v) is 7.38. The molecule has 0 spiro atoms. The van der Waals surface area contributed by atoms with Gasteiger partial charge >= 0.3 is 0 Å². The molecular weight excluding hydrogens is 442 g/mol. The van der Waals surface area contributed by atoms with Gasteiger partial charge in [-0.25, -0.2) is 17.2 Å². The molecule has 7 nitrogen and oxygen atoms in total. The van der Waals surface area contributed by atoms with Crippen LogP contribution in [0.5, 0.6) is 17.2 Å². The molecule has 0 amide bonds. The molecule has 0 aliphatic carbocycles. The van der Waals surface area contributed by atoms with Crippen molar-refractivity contribution in [1.82, 2.24) is 8.87 Å². The summed E-state index contributed by atoms with van der Waals surface area (Å²) in [6.45, 7) is 0.466. The van der Waals surface area contributed by atoms with Gasteiger partial charge < -0.3 is 18.8 Å². The van der Waals surface area contributed by atoms with Gasteiger partial charge in [0.2, 0.25) is 15.8 Å². The molecule has 0 saturated carbocycles. The number of hydrogen-bond donors (Lipinski definition) is 0. The molecule has 3 aromatic rings. The molecular formula is C22H22F2N2O5S. The van der Waals surface area contributed by atoms with Crippen LogP contribution in [-0.2, 0) is 16.6 Å². The summed E-state index contributed by atoms with van der Waals surface area (Å²) in [5, 5.41) is 0. The first-order valence-electron chi connectivity index (χ1n) is 9.73. The average Bonchev–Trinajstić information content (AvgIpc) is 3.26. The quantitative estimate of drug-likeness (QED) is 0.558. The van der Waals surface area contributed by atoms with Crippen LogP contribution < -0.4 is 14.2 Å². The van der Waals surface area contributed by atoms with E-state index in [0.29, 0.717) is 41.1 Å². The number of benzene rings is 2. The number of aromatic nitrogens is 1. The summed E-state index contributed by atoms with van der Waals surface area (Å²) in [6.07, 6.45) is 1.85. The number of hydrogen-bond acceptors (Lipinski definition) is 5. The molecule has 10 heteroatoms.